The Hall–Kier alpha value is -2.42. The number of benzene rings is 1. The van der Waals surface area contributed by atoms with Gasteiger partial charge in [-0.3, -0.25) is 0 Å². The maximum atomic E-state index is 12.5. The highest BCUT2D eigenvalue weighted by molar-refractivity contribution is 5.67. The molecule has 0 saturated carbocycles. The van der Waals surface area contributed by atoms with E-state index in [1.165, 1.54) is 4.90 Å². The maximum absolute atomic E-state index is 12.5. The molecule has 1 aromatic carbocycles. The molecule has 1 aliphatic rings. The molecule has 1 heterocycles. The zero-order valence-corrected chi connectivity index (χ0v) is 12.7. The van der Waals surface area contributed by atoms with E-state index in [1.54, 1.807) is 45.3 Å². The lowest BCUT2D eigenvalue weighted by Gasteiger charge is -2.18. The van der Waals surface area contributed by atoms with Gasteiger partial charge < -0.3 is 14.5 Å². The smallest absolute Gasteiger partial charge is 0.442 e. The van der Waals surface area contributed by atoms with Crippen LogP contribution in [0.5, 0.6) is 0 Å². The highest BCUT2D eigenvalue weighted by Crippen LogP contribution is 2.30. The quantitative estimate of drug-likeness (QED) is 0.922. The number of halogens is 3. The number of hydrazine groups is 1. The van der Waals surface area contributed by atoms with Crippen LogP contribution in [0.15, 0.2) is 36.2 Å². The van der Waals surface area contributed by atoms with Gasteiger partial charge in [0.25, 0.3) is 0 Å². The molecule has 0 spiro atoms. The second kappa shape index (κ2) is 6.37. The van der Waals surface area contributed by atoms with Gasteiger partial charge >= 0.3 is 12.3 Å². The molecule has 0 fully saturated rings. The van der Waals surface area contributed by atoms with Crippen LogP contribution in [0.1, 0.15) is 18.6 Å². The summed E-state index contributed by atoms with van der Waals surface area (Å²) < 4.78 is 42.7. The fourth-order valence-electron chi connectivity index (χ4n) is 1.76. The minimum Gasteiger partial charge on any atom is -0.442 e. The Morgan fingerprint density at radius 2 is 1.91 bits per heavy atom. The predicted octanol–water partition coefficient (Wildman–Crippen LogP) is 3.11. The minimum absolute atomic E-state index is 0.444. The number of carbonyl (C=O) groups excluding carboxylic acids is 1. The molecule has 0 aliphatic carbocycles. The topological polar surface area (TPSA) is 54.0 Å². The van der Waals surface area contributed by atoms with Crippen molar-refractivity contribution in [2.45, 2.75) is 19.2 Å². The number of nitrogens with zero attached hydrogens (tertiary/aromatic N) is 2. The fraction of sp³-hybridized carbons (Fsp3) is 0.357. The van der Waals surface area contributed by atoms with Crippen LogP contribution in [0.25, 0.3) is 0 Å². The van der Waals surface area contributed by atoms with Crippen LogP contribution in [0, 0.1) is 0 Å². The standard InChI is InChI=1S/C14H16F3N3O3/c1-9(22-13(21)19(2)3)10-4-6-11(7-5-10)20-8-12(23-18-20)14(15,16)17/h4-9,18H,1-3H3. The van der Waals surface area contributed by atoms with Gasteiger partial charge in [-0.15, -0.1) is 0 Å². The molecule has 1 aliphatic heterocycles. The number of rotatable bonds is 3. The Balaban J connectivity index is 2.06. The minimum atomic E-state index is -4.56. The van der Waals surface area contributed by atoms with Crippen molar-refractivity contribution in [3.63, 3.8) is 0 Å². The second-order valence-corrected chi connectivity index (χ2v) is 5.07. The summed E-state index contributed by atoms with van der Waals surface area (Å²) in [5.41, 5.74) is 3.31. The van der Waals surface area contributed by atoms with E-state index in [4.69, 9.17) is 4.74 Å². The molecule has 9 heteroatoms. The van der Waals surface area contributed by atoms with Gasteiger partial charge in [-0.1, -0.05) is 17.7 Å². The molecule has 1 unspecified atom stereocenters. The molecule has 0 saturated heterocycles. The summed E-state index contributed by atoms with van der Waals surface area (Å²) in [6, 6.07) is 6.48. The van der Waals surface area contributed by atoms with Crippen LogP contribution in [-0.4, -0.2) is 31.3 Å². The van der Waals surface area contributed by atoms with Crippen LogP contribution in [0.4, 0.5) is 23.7 Å². The second-order valence-electron chi connectivity index (χ2n) is 5.07. The third kappa shape index (κ3) is 4.07. The summed E-state index contributed by atoms with van der Waals surface area (Å²) in [4.78, 5) is 17.2. The fourth-order valence-corrected chi connectivity index (χ4v) is 1.76. The highest BCUT2D eigenvalue weighted by atomic mass is 19.4. The summed E-state index contributed by atoms with van der Waals surface area (Å²) in [5.74, 6) is -1.13. The summed E-state index contributed by atoms with van der Waals surface area (Å²) in [6.45, 7) is 1.70. The molecule has 126 valence electrons. The van der Waals surface area contributed by atoms with E-state index in [0.29, 0.717) is 11.3 Å². The zero-order chi connectivity index (χ0) is 17.2. The van der Waals surface area contributed by atoms with Crippen LogP contribution in [0.3, 0.4) is 0 Å². The van der Waals surface area contributed by atoms with Crippen molar-refractivity contribution in [1.29, 1.82) is 0 Å². The Bertz CT molecular complexity index is 600. The molecule has 0 aromatic heterocycles. The normalized spacial score (nSPS) is 15.7. The average molecular weight is 331 g/mol. The largest absolute Gasteiger partial charge is 0.453 e. The molecule has 1 atom stereocenters. The first-order chi connectivity index (χ1) is 10.7. The molecular weight excluding hydrogens is 315 g/mol. The number of anilines is 1. The maximum Gasteiger partial charge on any atom is 0.453 e. The third-order valence-corrected chi connectivity index (χ3v) is 3.06. The van der Waals surface area contributed by atoms with E-state index < -0.39 is 24.1 Å². The van der Waals surface area contributed by atoms with Crippen molar-refractivity contribution in [2.75, 3.05) is 19.1 Å². The molecule has 0 radical (unpaired) electrons. The zero-order valence-electron chi connectivity index (χ0n) is 12.7. The lowest BCUT2D eigenvalue weighted by Crippen LogP contribution is -2.27. The van der Waals surface area contributed by atoms with E-state index in [1.807, 2.05) is 0 Å². The van der Waals surface area contributed by atoms with Gasteiger partial charge in [0.1, 0.15) is 6.10 Å². The number of carbonyl (C=O) groups is 1. The number of nitrogens with one attached hydrogen (secondary N) is 1. The molecule has 0 bridgehead atoms. The van der Waals surface area contributed by atoms with Gasteiger partial charge in [-0.25, -0.2) is 9.80 Å². The lowest BCUT2D eigenvalue weighted by molar-refractivity contribution is -0.136. The Morgan fingerprint density at radius 3 is 2.39 bits per heavy atom. The van der Waals surface area contributed by atoms with E-state index in [2.05, 4.69) is 10.4 Å². The Kier molecular flexibility index (Phi) is 4.69. The SMILES string of the molecule is CC(OC(=O)N(C)C)c1ccc(N2C=C(C(F)(F)F)ON2)cc1. The van der Waals surface area contributed by atoms with Crippen molar-refractivity contribution < 1.29 is 27.5 Å². The Labute approximate surface area is 131 Å². The van der Waals surface area contributed by atoms with Crippen molar-refractivity contribution in [1.82, 2.24) is 10.5 Å². The number of hydrogen-bond donors (Lipinski definition) is 1. The molecule has 1 amide bonds. The first kappa shape index (κ1) is 16.9. The van der Waals surface area contributed by atoms with Gasteiger partial charge in [-0.2, -0.15) is 13.2 Å². The molecule has 1 aromatic rings. The predicted molar refractivity (Wildman–Crippen MR) is 75.9 cm³/mol. The van der Waals surface area contributed by atoms with E-state index in [-0.39, 0.29) is 0 Å². The summed E-state index contributed by atoms with van der Waals surface area (Å²) in [5, 5.41) is 1.10. The monoisotopic (exact) mass is 331 g/mol. The molecular formula is C14H16F3N3O3. The van der Waals surface area contributed by atoms with E-state index >= 15 is 0 Å². The van der Waals surface area contributed by atoms with Gasteiger partial charge in [0.2, 0.25) is 5.76 Å². The number of alkyl halides is 3. The number of allylic oxidation sites excluding steroid dienone is 1. The molecule has 23 heavy (non-hydrogen) atoms. The summed E-state index contributed by atoms with van der Waals surface area (Å²) in [7, 11) is 3.14. The van der Waals surface area contributed by atoms with E-state index in [0.717, 1.165) is 11.2 Å². The van der Waals surface area contributed by atoms with Gasteiger partial charge in [0, 0.05) is 14.1 Å². The van der Waals surface area contributed by atoms with Gasteiger partial charge in [0.15, 0.2) is 0 Å². The number of amides is 1. The Morgan fingerprint density at radius 1 is 1.30 bits per heavy atom. The molecule has 2 rings (SSSR count). The van der Waals surface area contributed by atoms with Crippen LogP contribution in [-0.2, 0) is 9.57 Å². The number of ether oxygens (including phenoxy) is 1. The van der Waals surface area contributed by atoms with Crippen molar-refractivity contribution in [2.24, 2.45) is 0 Å². The molecule has 6 nitrogen and oxygen atoms in total. The van der Waals surface area contributed by atoms with Crippen molar-refractivity contribution in [3.05, 3.63) is 41.8 Å². The summed E-state index contributed by atoms with van der Waals surface area (Å²) in [6.07, 6.45) is -4.71. The third-order valence-electron chi connectivity index (χ3n) is 3.06. The van der Waals surface area contributed by atoms with E-state index in [9.17, 15) is 18.0 Å². The number of hydrogen-bond acceptors (Lipinski definition) is 5. The van der Waals surface area contributed by atoms with Crippen LogP contribution < -0.4 is 10.6 Å². The van der Waals surface area contributed by atoms with Crippen molar-refractivity contribution >= 4 is 11.8 Å². The van der Waals surface area contributed by atoms with Crippen LogP contribution >= 0.6 is 0 Å². The summed E-state index contributed by atoms with van der Waals surface area (Å²) >= 11 is 0. The van der Waals surface area contributed by atoms with Gasteiger partial charge in [0.05, 0.1) is 11.9 Å². The average Bonchev–Trinajstić information content (AvgIpc) is 2.97. The first-order valence-electron chi connectivity index (χ1n) is 6.67. The van der Waals surface area contributed by atoms with Gasteiger partial charge in [-0.05, 0) is 24.6 Å². The lowest BCUT2D eigenvalue weighted by atomic mass is 10.1. The first-order valence-corrected chi connectivity index (χ1v) is 6.67. The highest BCUT2D eigenvalue weighted by Gasteiger charge is 2.40. The van der Waals surface area contributed by atoms with Crippen LogP contribution in [0.2, 0.25) is 0 Å². The molecule has 1 N–H and O–H groups in total. The van der Waals surface area contributed by atoms with Crippen molar-refractivity contribution in [3.8, 4) is 0 Å².